The van der Waals surface area contributed by atoms with Crippen LogP contribution in [0.25, 0.3) is 0 Å². The first-order valence-electron chi connectivity index (χ1n) is 6.30. The van der Waals surface area contributed by atoms with Gasteiger partial charge in [0.25, 0.3) is 0 Å². The van der Waals surface area contributed by atoms with Crippen LogP contribution in [0.2, 0.25) is 0 Å². The van der Waals surface area contributed by atoms with E-state index in [1.807, 2.05) is 0 Å². The van der Waals surface area contributed by atoms with Crippen LogP contribution in [-0.2, 0) is 9.53 Å². The molecule has 0 aliphatic carbocycles. The van der Waals surface area contributed by atoms with E-state index in [-0.39, 0.29) is 25.3 Å². The molecule has 0 saturated carbocycles. The smallest absolute Gasteiger partial charge is 0.322 e. The van der Waals surface area contributed by atoms with Gasteiger partial charge in [-0.3, -0.25) is 4.79 Å². The Labute approximate surface area is 119 Å². The summed E-state index contributed by atoms with van der Waals surface area (Å²) >= 11 is 0. The first kappa shape index (κ1) is 15.2. The van der Waals surface area contributed by atoms with Crippen LogP contribution in [0.4, 0.5) is 19.3 Å². The van der Waals surface area contributed by atoms with Crippen molar-refractivity contribution < 1.29 is 28.2 Å². The van der Waals surface area contributed by atoms with E-state index in [0.717, 1.165) is 12.1 Å². The molecule has 1 fully saturated rings. The fourth-order valence-corrected chi connectivity index (χ4v) is 2.00. The van der Waals surface area contributed by atoms with Crippen molar-refractivity contribution >= 4 is 17.7 Å². The topological polar surface area (TPSA) is 78.9 Å². The van der Waals surface area contributed by atoms with Gasteiger partial charge in [0, 0.05) is 24.8 Å². The molecule has 0 aromatic heterocycles. The molecular formula is C13H14F2N2O4. The zero-order valence-electron chi connectivity index (χ0n) is 11.0. The van der Waals surface area contributed by atoms with Crippen LogP contribution in [-0.4, -0.2) is 47.8 Å². The summed E-state index contributed by atoms with van der Waals surface area (Å²) < 4.78 is 31.1. The lowest BCUT2D eigenvalue weighted by atomic mass is 10.2. The van der Waals surface area contributed by atoms with E-state index in [0.29, 0.717) is 6.54 Å². The summed E-state index contributed by atoms with van der Waals surface area (Å²) in [5.74, 6) is -3.07. The highest BCUT2D eigenvalue weighted by molar-refractivity contribution is 5.89. The zero-order chi connectivity index (χ0) is 15.4. The molecule has 0 bridgehead atoms. The summed E-state index contributed by atoms with van der Waals surface area (Å²) in [5.41, 5.74) is 0.125. The molecule has 1 aliphatic heterocycles. The number of carbonyl (C=O) groups excluding carboxylic acids is 1. The number of urea groups is 1. The van der Waals surface area contributed by atoms with Gasteiger partial charge in [-0.2, -0.15) is 0 Å². The Bertz CT molecular complexity index is 553. The second kappa shape index (κ2) is 6.49. The van der Waals surface area contributed by atoms with Crippen molar-refractivity contribution in [1.29, 1.82) is 0 Å². The van der Waals surface area contributed by atoms with Gasteiger partial charge in [-0.05, 0) is 12.1 Å². The van der Waals surface area contributed by atoms with E-state index < -0.39 is 29.7 Å². The number of nitrogens with zero attached hydrogens (tertiary/aromatic N) is 1. The van der Waals surface area contributed by atoms with Gasteiger partial charge in [-0.15, -0.1) is 0 Å². The Morgan fingerprint density at radius 2 is 2.14 bits per heavy atom. The number of aliphatic carboxylic acids is 1. The molecule has 1 heterocycles. The maximum Gasteiger partial charge on any atom is 0.322 e. The molecule has 2 N–H and O–H groups in total. The van der Waals surface area contributed by atoms with Crippen molar-refractivity contribution in [3.05, 3.63) is 29.8 Å². The monoisotopic (exact) mass is 300 g/mol. The van der Waals surface area contributed by atoms with Crippen molar-refractivity contribution in [3.8, 4) is 0 Å². The molecule has 1 aromatic rings. The number of carbonyl (C=O) groups is 2. The summed E-state index contributed by atoms with van der Waals surface area (Å²) in [6.45, 7) is 0.649. The largest absolute Gasteiger partial charge is 0.481 e. The second-order valence-corrected chi connectivity index (χ2v) is 4.60. The van der Waals surface area contributed by atoms with Crippen molar-refractivity contribution in [3.63, 3.8) is 0 Å². The Kier molecular flexibility index (Phi) is 4.69. The van der Waals surface area contributed by atoms with Gasteiger partial charge in [0.2, 0.25) is 0 Å². The summed E-state index contributed by atoms with van der Waals surface area (Å²) in [4.78, 5) is 24.0. The number of amides is 2. The molecule has 21 heavy (non-hydrogen) atoms. The number of carboxylic acids is 1. The molecule has 2 amide bonds. The third-order valence-electron chi connectivity index (χ3n) is 3.00. The maximum atomic E-state index is 13.1. The third kappa shape index (κ3) is 4.12. The molecule has 1 saturated heterocycles. The molecule has 1 unspecified atom stereocenters. The lowest BCUT2D eigenvalue weighted by Gasteiger charge is -2.32. The third-order valence-corrected chi connectivity index (χ3v) is 3.00. The van der Waals surface area contributed by atoms with Crippen molar-refractivity contribution in [2.24, 2.45) is 0 Å². The van der Waals surface area contributed by atoms with Crippen LogP contribution in [0.5, 0.6) is 0 Å². The summed E-state index contributed by atoms with van der Waals surface area (Å²) in [7, 11) is 0. The number of ether oxygens (including phenoxy) is 1. The van der Waals surface area contributed by atoms with Gasteiger partial charge in [0.1, 0.15) is 0 Å². The Morgan fingerprint density at radius 1 is 1.38 bits per heavy atom. The van der Waals surface area contributed by atoms with Gasteiger partial charge < -0.3 is 20.1 Å². The number of nitrogens with one attached hydrogen (secondary N) is 1. The predicted octanol–water partition coefficient (Wildman–Crippen LogP) is 1.67. The molecule has 1 aromatic carbocycles. The van der Waals surface area contributed by atoms with Crippen LogP contribution in [0.1, 0.15) is 6.42 Å². The Hall–Kier alpha value is -2.22. The first-order valence-corrected chi connectivity index (χ1v) is 6.30. The van der Waals surface area contributed by atoms with E-state index in [1.165, 1.54) is 11.0 Å². The average molecular weight is 300 g/mol. The lowest BCUT2D eigenvalue weighted by molar-refractivity contribution is -0.141. The summed E-state index contributed by atoms with van der Waals surface area (Å²) in [6, 6.07) is 2.52. The summed E-state index contributed by atoms with van der Waals surface area (Å²) in [5, 5.41) is 11.1. The molecule has 0 radical (unpaired) electrons. The number of carboxylic acid groups (broad SMARTS) is 1. The van der Waals surface area contributed by atoms with Gasteiger partial charge in [-0.25, -0.2) is 13.6 Å². The zero-order valence-corrected chi connectivity index (χ0v) is 11.0. The van der Waals surface area contributed by atoms with Crippen molar-refractivity contribution in [2.45, 2.75) is 12.5 Å². The Balaban J connectivity index is 1.96. The molecule has 1 atom stereocenters. The highest BCUT2D eigenvalue weighted by atomic mass is 19.2. The fourth-order valence-electron chi connectivity index (χ4n) is 2.00. The first-order chi connectivity index (χ1) is 9.95. The molecule has 2 rings (SSSR count). The van der Waals surface area contributed by atoms with E-state index in [2.05, 4.69) is 5.32 Å². The quantitative estimate of drug-likeness (QED) is 0.890. The van der Waals surface area contributed by atoms with E-state index in [1.54, 1.807) is 0 Å². The molecule has 1 aliphatic rings. The minimum atomic E-state index is -1.06. The molecular weight excluding hydrogens is 286 g/mol. The van der Waals surface area contributed by atoms with Gasteiger partial charge in [0.05, 0.1) is 19.1 Å². The van der Waals surface area contributed by atoms with E-state index >= 15 is 0 Å². The number of hydrogen-bond donors (Lipinski definition) is 2. The predicted molar refractivity (Wildman–Crippen MR) is 68.9 cm³/mol. The van der Waals surface area contributed by atoms with Gasteiger partial charge >= 0.3 is 12.0 Å². The molecule has 114 valence electrons. The number of benzene rings is 1. The van der Waals surface area contributed by atoms with E-state index in [4.69, 9.17) is 9.84 Å². The molecule has 8 heteroatoms. The number of hydrogen-bond acceptors (Lipinski definition) is 3. The van der Waals surface area contributed by atoms with Crippen molar-refractivity contribution in [2.75, 3.05) is 25.0 Å². The highest BCUT2D eigenvalue weighted by Gasteiger charge is 2.26. The minimum absolute atomic E-state index is 0.125. The minimum Gasteiger partial charge on any atom is -0.481 e. The number of halogens is 2. The van der Waals surface area contributed by atoms with Crippen molar-refractivity contribution in [1.82, 2.24) is 4.90 Å². The van der Waals surface area contributed by atoms with Crippen LogP contribution >= 0.6 is 0 Å². The number of morpholine rings is 1. The van der Waals surface area contributed by atoms with Crippen LogP contribution < -0.4 is 5.32 Å². The number of rotatable bonds is 3. The van der Waals surface area contributed by atoms with Gasteiger partial charge in [-0.1, -0.05) is 0 Å². The van der Waals surface area contributed by atoms with Crippen LogP contribution in [0.3, 0.4) is 0 Å². The van der Waals surface area contributed by atoms with E-state index in [9.17, 15) is 18.4 Å². The van der Waals surface area contributed by atoms with Crippen LogP contribution in [0.15, 0.2) is 18.2 Å². The average Bonchev–Trinajstić information content (AvgIpc) is 2.42. The maximum absolute atomic E-state index is 13.1. The summed E-state index contributed by atoms with van der Waals surface area (Å²) in [6.07, 6.45) is -0.776. The Morgan fingerprint density at radius 3 is 2.81 bits per heavy atom. The lowest BCUT2D eigenvalue weighted by Crippen LogP contribution is -2.47. The highest BCUT2D eigenvalue weighted by Crippen LogP contribution is 2.15. The SMILES string of the molecule is O=C(O)CC1CN(C(=O)Nc2ccc(F)c(F)c2)CCO1. The van der Waals surface area contributed by atoms with Crippen LogP contribution in [0, 0.1) is 11.6 Å². The molecule has 6 nitrogen and oxygen atoms in total. The van der Waals surface area contributed by atoms with Gasteiger partial charge in [0.15, 0.2) is 11.6 Å². The number of anilines is 1. The standard InChI is InChI=1S/C13H14F2N2O4/c14-10-2-1-8(5-11(10)15)16-13(20)17-3-4-21-9(7-17)6-12(18)19/h1-2,5,9H,3-4,6-7H2,(H,16,20)(H,18,19). The normalized spacial score (nSPS) is 18.4. The fraction of sp³-hybridized carbons (Fsp3) is 0.385. The second-order valence-electron chi connectivity index (χ2n) is 4.60. The molecule has 0 spiro atoms.